The van der Waals surface area contributed by atoms with Crippen LogP contribution < -0.4 is 5.84 Å². The van der Waals surface area contributed by atoms with Crippen LogP contribution in [0, 0.1) is 0 Å². The van der Waals surface area contributed by atoms with Crippen LogP contribution in [0.3, 0.4) is 0 Å². The van der Waals surface area contributed by atoms with E-state index in [2.05, 4.69) is 10.2 Å². The maximum absolute atomic E-state index is 12.3. The lowest BCUT2D eigenvalue weighted by Crippen LogP contribution is -2.34. The van der Waals surface area contributed by atoms with E-state index >= 15 is 0 Å². The Labute approximate surface area is 126 Å². The maximum atomic E-state index is 12.3. The number of aromatic nitrogens is 3. The van der Waals surface area contributed by atoms with Crippen molar-refractivity contribution in [3.05, 3.63) is 18.4 Å². The van der Waals surface area contributed by atoms with Crippen molar-refractivity contribution in [1.29, 1.82) is 0 Å². The Morgan fingerprint density at radius 3 is 2.86 bits per heavy atom. The third-order valence-corrected chi connectivity index (χ3v) is 4.50. The van der Waals surface area contributed by atoms with Crippen LogP contribution in [0.4, 0.5) is 0 Å². The summed E-state index contributed by atoms with van der Waals surface area (Å²) in [7, 11) is 0. The van der Waals surface area contributed by atoms with Crippen LogP contribution in [0.5, 0.6) is 0 Å². The van der Waals surface area contributed by atoms with Crippen molar-refractivity contribution in [1.82, 2.24) is 19.8 Å². The van der Waals surface area contributed by atoms with Gasteiger partial charge in [0.15, 0.2) is 5.76 Å². The molecule has 0 bridgehead atoms. The quantitative estimate of drug-likeness (QED) is 0.677. The van der Waals surface area contributed by atoms with E-state index in [9.17, 15) is 4.79 Å². The van der Waals surface area contributed by atoms with Gasteiger partial charge in [0.25, 0.3) is 0 Å². The molecule has 2 aromatic heterocycles. The number of rotatable bonds is 4. The van der Waals surface area contributed by atoms with Gasteiger partial charge in [-0.3, -0.25) is 4.79 Å². The highest BCUT2D eigenvalue weighted by Crippen LogP contribution is 2.26. The average molecular weight is 307 g/mol. The number of nitrogen functional groups attached to an aromatic ring is 1. The van der Waals surface area contributed by atoms with Gasteiger partial charge in [-0.25, -0.2) is 4.68 Å². The molecule has 1 atom stereocenters. The Morgan fingerprint density at radius 1 is 1.43 bits per heavy atom. The lowest BCUT2D eigenvalue weighted by Gasteiger charge is -2.19. The van der Waals surface area contributed by atoms with E-state index in [-0.39, 0.29) is 11.2 Å². The second-order valence-electron chi connectivity index (χ2n) is 4.95. The number of likely N-dealkylation sites (tertiary alicyclic amines) is 1. The highest BCUT2D eigenvalue weighted by Gasteiger charge is 2.26. The molecule has 1 aliphatic rings. The van der Waals surface area contributed by atoms with Crippen LogP contribution in [-0.2, 0) is 4.79 Å². The summed E-state index contributed by atoms with van der Waals surface area (Å²) in [5.41, 5.74) is 0. The first-order valence-electron chi connectivity index (χ1n) is 6.86. The van der Waals surface area contributed by atoms with Crippen molar-refractivity contribution in [2.45, 2.75) is 30.2 Å². The molecule has 1 unspecified atom stereocenters. The first-order chi connectivity index (χ1) is 10.2. The SMILES string of the molecule is CC(Sc1nnc(-c2ccco2)n1N)C(=O)N1CCCC1. The van der Waals surface area contributed by atoms with E-state index in [1.54, 1.807) is 18.4 Å². The van der Waals surface area contributed by atoms with Crippen LogP contribution in [-0.4, -0.2) is 44.0 Å². The highest BCUT2D eigenvalue weighted by atomic mass is 32.2. The second-order valence-corrected chi connectivity index (χ2v) is 6.25. The monoisotopic (exact) mass is 307 g/mol. The molecule has 3 rings (SSSR count). The third-order valence-electron chi connectivity index (χ3n) is 3.45. The summed E-state index contributed by atoms with van der Waals surface area (Å²) in [5.74, 6) is 7.11. The van der Waals surface area contributed by atoms with Crippen molar-refractivity contribution in [3.8, 4) is 11.6 Å². The molecule has 21 heavy (non-hydrogen) atoms. The van der Waals surface area contributed by atoms with Crippen LogP contribution in [0.15, 0.2) is 28.0 Å². The number of nitrogens with zero attached hydrogens (tertiary/aromatic N) is 4. The fourth-order valence-corrected chi connectivity index (χ4v) is 3.19. The molecule has 1 amide bonds. The van der Waals surface area contributed by atoms with Gasteiger partial charge < -0.3 is 15.2 Å². The highest BCUT2D eigenvalue weighted by molar-refractivity contribution is 8.00. The number of hydrogen-bond acceptors (Lipinski definition) is 6. The maximum Gasteiger partial charge on any atom is 0.235 e. The number of carbonyl (C=O) groups excluding carboxylic acids is 1. The predicted octanol–water partition coefficient (Wildman–Crippen LogP) is 1.35. The van der Waals surface area contributed by atoms with Gasteiger partial charge in [0.2, 0.25) is 16.9 Å². The molecule has 8 heteroatoms. The molecule has 0 aromatic carbocycles. The molecular weight excluding hydrogens is 290 g/mol. The Morgan fingerprint density at radius 2 is 2.19 bits per heavy atom. The van der Waals surface area contributed by atoms with Gasteiger partial charge in [0, 0.05) is 13.1 Å². The molecule has 0 spiro atoms. The summed E-state index contributed by atoms with van der Waals surface area (Å²) in [6, 6.07) is 3.52. The van der Waals surface area contributed by atoms with Gasteiger partial charge in [-0.1, -0.05) is 11.8 Å². The van der Waals surface area contributed by atoms with Crippen molar-refractivity contribution in [2.75, 3.05) is 18.9 Å². The van der Waals surface area contributed by atoms with E-state index < -0.39 is 0 Å². The van der Waals surface area contributed by atoms with Gasteiger partial charge >= 0.3 is 0 Å². The van der Waals surface area contributed by atoms with E-state index in [4.69, 9.17) is 10.3 Å². The Balaban J connectivity index is 1.71. The van der Waals surface area contributed by atoms with Crippen molar-refractivity contribution in [2.24, 2.45) is 0 Å². The molecule has 2 N–H and O–H groups in total. The fourth-order valence-electron chi connectivity index (χ4n) is 2.33. The summed E-state index contributed by atoms with van der Waals surface area (Å²) >= 11 is 1.31. The van der Waals surface area contributed by atoms with Crippen LogP contribution in [0.1, 0.15) is 19.8 Å². The molecule has 2 aromatic rings. The van der Waals surface area contributed by atoms with Gasteiger partial charge in [0.05, 0.1) is 11.5 Å². The first kappa shape index (κ1) is 14.0. The van der Waals surface area contributed by atoms with Crippen LogP contribution in [0.25, 0.3) is 11.6 Å². The van der Waals surface area contributed by atoms with Crippen molar-refractivity contribution >= 4 is 17.7 Å². The predicted molar refractivity (Wildman–Crippen MR) is 79.0 cm³/mol. The topological polar surface area (TPSA) is 90.2 Å². The summed E-state index contributed by atoms with van der Waals surface area (Å²) < 4.78 is 6.62. The number of hydrogen-bond donors (Lipinski definition) is 1. The minimum absolute atomic E-state index is 0.125. The minimum atomic E-state index is -0.237. The number of carbonyl (C=O) groups is 1. The molecule has 0 saturated carbocycles. The van der Waals surface area contributed by atoms with Gasteiger partial charge in [-0.2, -0.15) is 0 Å². The van der Waals surface area contributed by atoms with Gasteiger partial charge in [-0.05, 0) is 31.9 Å². The Hall–Kier alpha value is -1.96. The van der Waals surface area contributed by atoms with E-state index in [0.29, 0.717) is 16.7 Å². The fraction of sp³-hybridized carbons (Fsp3) is 0.462. The standard InChI is InChI=1S/C13H17N5O2S/c1-9(12(19)17-6-2-3-7-17)21-13-16-15-11(18(13)14)10-5-4-8-20-10/h4-5,8-9H,2-3,6-7,14H2,1H3. The third kappa shape index (κ3) is 2.76. The molecular formula is C13H17N5O2S. The average Bonchev–Trinajstić information content (AvgIpc) is 3.20. The molecule has 112 valence electrons. The zero-order chi connectivity index (χ0) is 14.8. The molecule has 3 heterocycles. The molecule has 7 nitrogen and oxygen atoms in total. The lowest BCUT2D eigenvalue weighted by molar-refractivity contribution is -0.129. The largest absolute Gasteiger partial charge is 0.461 e. The summed E-state index contributed by atoms with van der Waals surface area (Å²) in [6.45, 7) is 3.56. The molecule has 1 saturated heterocycles. The minimum Gasteiger partial charge on any atom is -0.461 e. The van der Waals surface area contributed by atoms with Gasteiger partial charge in [0.1, 0.15) is 0 Å². The Kier molecular flexibility index (Phi) is 3.87. The van der Waals surface area contributed by atoms with Crippen LogP contribution >= 0.6 is 11.8 Å². The van der Waals surface area contributed by atoms with Crippen LogP contribution in [0.2, 0.25) is 0 Å². The molecule has 1 aliphatic heterocycles. The normalized spacial score (nSPS) is 16.3. The number of nitrogens with two attached hydrogens (primary N) is 1. The van der Waals surface area contributed by atoms with E-state index in [1.807, 2.05) is 11.8 Å². The summed E-state index contributed by atoms with van der Waals surface area (Å²) in [4.78, 5) is 14.2. The number of furan rings is 1. The second kappa shape index (κ2) is 5.80. The summed E-state index contributed by atoms with van der Waals surface area (Å²) in [6.07, 6.45) is 3.72. The van der Waals surface area contributed by atoms with E-state index in [0.717, 1.165) is 25.9 Å². The molecule has 0 aliphatic carbocycles. The van der Waals surface area contributed by atoms with Crippen molar-refractivity contribution < 1.29 is 9.21 Å². The van der Waals surface area contributed by atoms with Crippen molar-refractivity contribution in [3.63, 3.8) is 0 Å². The number of amides is 1. The Bertz CT molecular complexity index is 619. The zero-order valence-electron chi connectivity index (χ0n) is 11.7. The molecule has 1 fully saturated rings. The first-order valence-corrected chi connectivity index (χ1v) is 7.74. The van der Waals surface area contributed by atoms with E-state index in [1.165, 1.54) is 16.4 Å². The smallest absolute Gasteiger partial charge is 0.235 e. The molecule has 0 radical (unpaired) electrons. The number of thioether (sulfide) groups is 1. The zero-order valence-corrected chi connectivity index (χ0v) is 12.5. The van der Waals surface area contributed by atoms with Gasteiger partial charge in [-0.15, -0.1) is 10.2 Å². The summed E-state index contributed by atoms with van der Waals surface area (Å²) in [5, 5.41) is 8.32. The lowest BCUT2D eigenvalue weighted by atomic mass is 10.4.